The summed E-state index contributed by atoms with van der Waals surface area (Å²) in [4.78, 5) is 4.29. The van der Waals surface area contributed by atoms with Gasteiger partial charge in [-0.3, -0.25) is 4.68 Å². The Morgan fingerprint density at radius 1 is 1.42 bits per heavy atom. The molecule has 1 unspecified atom stereocenters. The molecule has 0 aliphatic carbocycles. The number of nitrogens with one attached hydrogen (secondary N) is 1. The molecule has 0 radical (unpaired) electrons. The highest BCUT2D eigenvalue weighted by molar-refractivity contribution is 5.31. The van der Waals surface area contributed by atoms with E-state index in [9.17, 15) is 0 Å². The standard InChI is InChI=1S/C14H20N4O/c1-4-15-13(9-14-16-10-17-18(14)2)11-6-5-7-12(8-11)19-3/h5-8,10,13,15H,4,9H2,1-3H3. The topological polar surface area (TPSA) is 52.0 Å². The SMILES string of the molecule is CCNC(Cc1ncnn1C)c1cccc(OC)c1. The number of rotatable bonds is 6. The average molecular weight is 260 g/mol. The number of nitrogens with zero attached hydrogens (tertiary/aromatic N) is 3. The number of hydrogen-bond acceptors (Lipinski definition) is 4. The molecule has 1 N–H and O–H groups in total. The Bertz CT molecular complexity index is 524. The summed E-state index contributed by atoms with van der Waals surface area (Å²) >= 11 is 0. The van der Waals surface area contributed by atoms with Crippen molar-refractivity contribution in [2.75, 3.05) is 13.7 Å². The number of ether oxygens (including phenoxy) is 1. The zero-order valence-corrected chi connectivity index (χ0v) is 11.6. The summed E-state index contributed by atoms with van der Waals surface area (Å²) in [5.74, 6) is 1.84. The van der Waals surface area contributed by atoms with Crippen LogP contribution in [0, 0.1) is 0 Å². The quantitative estimate of drug-likeness (QED) is 0.859. The Hall–Kier alpha value is -1.88. The smallest absolute Gasteiger partial charge is 0.138 e. The monoisotopic (exact) mass is 260 g/mol. The Morgan fingerprint density at radius 2 is 2.26 bits per heavy atom. The van der Waals surface area contributed by atoms with Crippen molar-refractivity contribution in [2.45, 2.75) is 19.4 Å². The normalized spacial score (nSPS) is 12.4. The zero-order chi connectivity index (χ0) is 13.7. The van der Waals surface area contributed by atoms with Crippen LogP contribution in [0.3, 0.4) is 0 Å². The number of aromatic nitrogens is 3. The first-order chi connectivity index (χ1) is 9.24. The zero-order valence-electron chi connectivity index (χ0n) is 11.6. The van der Waals surface area contributed by atoms with Gasteiger partial charge in [0.2, 0.25) is 0 Å². The first-order valence-corrected chi connectivity index (χ1v) is 6.44. The summed E-state index contributed by atoms with van der Waals surface area (Å²) in [6.07, 6.45) is 2.39. The van der Waals surface area contributed by atoms with Gasteiger partial charge in [-0.25, -0.2) is 4.98 Å². The largest absolute Gasteiger partial charge is 0.497 e. The van der Waals surface area contributed by atoms with Crippen molar-refractivity contribution in [3.63, 3.8) is 0 Å². The van der Waals surface area contributed by atoms with Gasteiger partial charge in [-0.2, -0.15) is 5.10 Å². The van der Waals surface area contributed by atoms with Crippen molar-refractivity contribution in [3.05, 3.63) is 42.0 Å². The Morgan fingerprint density at radius 3 is 2.89 bits per heavy atom. The van der Waals surface area contributed by atoms with Crippen molar-refractivity contribution < 1.29 is 4.74 Å². The summed E-state index contributed by atoms with van der Waals surface area (Å²) < 4.78 is 7.09. The van der Waals surface area contributed by atoms with Gasteiger partial charge in [0.25, 0.3) is 0 Å². The van der Waals surface area contributed by atoms with Crippen LogP contribution in [0.2, 0.25) is 0 Å². The lowest BCUT2D eigenvalue weighted by Crippen LogP contribution is -2.24. The number of hydrogen-bond donors (Lipinski definition) is 1. The molecule has 0 saturated heterocycles. The summed E-state index contributed by atoms with van der Waals surface area (Å²) in [6, 6.07) is 8.34. The highest BCUT2D eigenvalue weighted by Crippen LogP contribution is 2.21. The third-order valence-electron chi connectivity index (χ3n) is 3.14. The molecule has 102 valence electrons. The van der Waals surface area contributed by atoms with Crippen molar-refractivity contribution in [2.24, 2.45) is 7.05 Å². The minimum atomic E-state index is 0.211. The Balaban J connectivity index is 2.21. The molecule has 5 nitrogen and oxygen atoms in total. The van der Waals surface area contributed by atoms with Crippen LogP contribution in [-0.4, -0.2) is 28.4 Å². The molecular formula is C14H20N4O. The molecule has 0 aliphatic heterocycles. The number of methoxy groups -OCH3 is 1. The Kier molecular flexibility index (Phi) is 4.52. The van der Waals surface area contributed by atoms with Crippen LogP contribution in [0.15, 0.2) is 30.6 Å². The fourth-order valence-corrected chi connectivity index (χ4v) is 2.10. The predicted molar refractivity (Wildman–Crippen MR) is 74.1 cm³/mol. The molecule has 0 aliphatic rings. The van der Waals surface area contributed by atoms with E-state index < -0.39 is 0 Å². The van der Waals surface area contributed by atoms with E-state index in [2.05, 4.69) is 34.5 Å². The van der Waals surface area contributed by atoms with Crippen LogP contribution in [0.1, 0.15) is 24.4 Å². The van der Waals surface area contributed by atoms with Gasteiger partial charge in [0.15, 0.2) is 0 Å². The van der Waals surface area contributed by atoms with Gasteiger partial charge >= 0.3 is 0 Å². The van der Waals surface area contributed by atoms with Crippen LogP contribution in [0.25, 0.3) is 0 Å². The summed E-state index contributed by atoms with van der Waals surface area (Å²) in [6.45, 7) is 3.00. The van der Waals surface area contributed by atoms with Gasteiger partial charge in [-0.1, -0.05) is 19.1 Å². The molecule has 1 atom stereocenters. The van der Waals surface area contributed by atoms with E-state index in [-0.39, 0.29) is 6.04 Å². The van der Waals surface area contributed by atoms with Crippen molar-refractivity contribution in [3.8, 4) is 5.75 Å². The van der Waals surface area contributed by atoms with Crippen LogP contribution < -0.4 is 10.1 Å². The van der Waals surface area contributed by atoms with E-state index in [4.69, 9.17) is 4.74 Å². The van der Waals surface area contributed by atoms with Crippen LogP contribution in [0.4, 0.5) is 0 Å². The molecule has 1 aromatic heterocycles. The lowest BCUT2D eigenvalue weighted by Gasteiger charge is -2.18. The minimum absolute atomic E-state index is 0.211. The molecule has 0 saturated carbocycles. The van der Waals surface area contributed by atoms with Crippen molar-refractivity contribution in [1.82, 2.24) is 20.1 Å². The molecule has 2 aromatic rings. The van der Waals surface area contributed by atoms with Crippen molar-refractivity contribution >= 4 is 0 Å². The maximum atomic E-state index is 5.28. The maximum Gasteiger partial charge on any atom is 0.138 e. The van der Waals surface area contributed by atoms with E-state index in [1.807, 2.05) is 23.9 Å². The van der Waals surface area contributed by atoms with Crippen molar-refractivity contribution in [1.29, 1.82) is 0 Å². The van der Waals surface area contributed by atoms with E-state index in [0.29, 0.717) is 0 Å². The molecular weight excluding hydrogens is 240 g/mol. The fraction of sp³-hybridized carbons (Fsp3) is 0.429. The Labute approximate surface area is 113 Å². The second-order valence-electron chi connectivity index (χ2n) is 4.39. The van der Waals surface area contributed by atoms with Gasteiger partial charge in [0.1, 0.15) is 17.9 Å². The van der Waals surface area contributed by atoms with E-state index in [1.165, 1.54) is 5.56 Å². The van der Waals surface area contributed by atoms with Gasteiger partial charge in [0.05, 0.1) is 7.11 Å². The molecule has 1 heterocycles. The molecule has 0 spiro atoms. The summed E-state index contributed by atoms with van der Waals surface area (Å²) in [7, 11) is 3.60. The maximum absolute atomic E-state index is 5.28. The molecule has 19 heavy (non-hydrogen) atoms. The molecule has 0 amide bonds. The average Bonchev–Trinajstić information content (AvgIpc) is 2.84. The van der Waals surface area contributed by atoms with Crippen LogP contribution in [0.5, 0.6) is 5.75 Å². The van der Waals surface area contributed by atoms with Crippen LogP contribution in [-0.2, 0) is 13.5 Å². The van der Waals surface area contributed by atoms with E-state index in [1.54, 1.807) is 13.4 Å². The lowest BCUT2D eigenvalue weighted by molar-refractivity contribution is 0.412. The summed E-state index contributed by atoms with van der Waals surface area (Å²) in [5.41, 5.74) is 1.20. The molecule has 5 heteroatoms. The molecule has 2 rings (SSSR count). The molecule has 1 aromatic carbocycles. The first kappa shape index (κ1) is 13.5. The third kappa shape index (κ3) is 3.32. The highest BCUT2D eigenvalue weighted by atomic mass is 16.5. The van der Waals surface area contributed by atoms with Gasteiger partial charge in [0, 0.05) is 19.5 Å². The minimum Gasteiger partial charge on any atom is -0.497 e. The number of benzene rings is 1. The third-order valence-corrected chi connectivity index (χ3v) is 3.14. The van der Waals surface area contributed by atoms with E-state index >= 15 is 0 Å². The fourth-order valence-electron chi connectivity index (χ4n) is 2.10. The first-order valence-electron chi connectivity index (χ1n) is 6.44. The number of likely N-dealkylation sites (N-methyl/N-ethyl adjacent to an activating group) is 1. The summed E-state index contributed by atoms with van der Waals surface area (Å²) in [5, 5.41) is 7.59. The molecule has 0 bridgehead atoms. The second-order valence-corrected chi connectivity index (χ2v) is 4.39. The van der Waals surface area contributed by atoms with Gasteiger partial charge in [-0.15, -0.1) is 0 Å². The lowest BCUT2D eigenvalue weighted by atomic mass is 10.0. The second kappa shape index (κ2) is 6.33. The van der Waals surface area contributed by atoms with Gasteiger partial charge < -0.3 is 10.1 Å². The highest BCUT2D eigenvalue weighted by Gasteiger charge is 2.14. The number of aryl methyl sites for hydroxylation is 1. The van der Waals surface area contributed by atoms with E-state index in [0.717, 1.165) is 24.5 Å². The predicted octanol–water partition coefficient (Wildman–Crippen LogP) is 1.72. The molecule has 0 fully saturated rings. The van der Waals surface area contributed by atoms with Gasteiger partial charge in [-0.05, 0) is 24.2 Å². The van der Waals surface area contributed by atoms with Crippen LogP contribution >= 0.6 is 0 Å².